The van der Waals surface area contributed by atoms with Crippen molar-refractivity contribution in [3.63, 3.8) is 0 Å². The Morgan fingerprint density at radius 3 is 1.93 bits per heavy atom. The molecule has 0 bridgehead atoms. The van der Waals surface area contributed by atoms with Gasteiger partial charge in [0.25, 0.3) is 0 Å². The molecular weight excluding hydrogens is 518 g/mol. The average molecular weight is 592 g/mol. The van der Waals surface area contributed by atoms with Crippen molar-refractivity contribution in [2.45, 2.75) is 102 Å². The normalized spacial score (nSPS) is 12.0. The summed E-state index contributed by atoms with van der Waals surface area (Å²) in [6.45, 7) is 37.7. The van der Waals surface area contributed by atoms with Gasteiger partial charge in [0.05, 0.1) is 5.71 Å². The van der Waals surface area contributed by atoms with Gasteiger partial charge in [0, 0.05) is 44.0 Å². The van der Waals surface area contributed by atoms with E-state index in [1.807, 2.05) is 94.6 Å². The Labute approximate surface area is 264 Å². The van der Waals surface area contributed by atoms with Crippen molar-refractivity contribution < 1.29 is 0 Å². The van der Waals surface area contributed by atoms with Crippen molar-refractivity contribution in [2.75, 3.05) is 47.3 Å². The molecule has 0 aromatic carbocycles. The Morgan fingerprint density at radius 1 is 0.976 bits per heavy atom. The first-order valence-corrected chi connectivity index (χ1v) is 15.7. The van der Waals surface area contributed by atoms with Gasteiger partial charge in [0.15, 0.2) is 0 Å². The predicted molar refractivity (Wildman–Crippen MR) is 200 cm³/mol. The van der Waals surface area contributed by atoms with Gasteiger partial charge < -0.3 is 20.9 Å². The SMILES string of the molecule is C/C=N\C(=C/C(C)NC)NCCNCC.C=CCC(=C)/C(C)=C/N=C(C)C=N/C=C\C.CC.CC.CC.CCN(C)C. The smallest absolute Gasteiger partial charge is 0.123 e. The van der Waals surface area contributed by atoms with E-state index in [1.165, 1.54) is 0 Å². The van der Waals surface area contributed by atoms with E-state index in [4.69, 9.17) is 0 Å². The lowest BCUT2D eigenvalue weighted by molar-refractivity contribution is 0.434. The van der Waals surface area contributed by atoms with E-state index in [0.717, 1.165) is 55.3 Å². The van der Waals surface area contributed by atoms with E-state index in [1.54, 1.807) is 18.6 Å². The van der Waals surface area contributed by atoms with Crippen LogP contribution >= 0.6 is 0 Å². The molecule has 0 aromatic heterocycles. The summed E-state index contributed by atoms with van der Waals surface area (Å²) in [6, 6.07) is 0.329. The number of nitrogens with one attached hydrogen (secondary N) is 3. The lowest BCUT2D eigenvalue weighted by Gasteiger charge is -2.10. The van der Waals surface area contributed by atoms with Crippen LogP contribution in [0.3, 0.4) is 0 Å². The molecule has 0 aliphatic heterocycles. The maximum Gasteiger partial charge on any atom is 0.123 e. The van der Waals surface area contributed by atoms with Crippen molar-refractivity contribution in [1.82, 2.24) is 20.9 Å². The monoisotopic (exact) mass is 592 g/mol. The van der Waals surface area contributed by atoms with Crippen LogP contribution in [0.25, 0.3) is 0 Å². The maximum atomic E-state index is 4.28. The van der Waals surface area contributed by atoms with E-state index in [9.17, 15) is 0 Å². The lowest BCUT2D eigenvalue weighted by Crippen LogP contribution is -2.28. The highest BCUT2D eigenvalue weighted by atomic mass is 15.1. The second-order valence-electron chi connectivity index (χ2n) is 8.13. The molecule has 0 saturated carbocycles. The summed E-state index contributed by atoms with van der Waals surface area (Å²) in [4.78, 5) is 14.7. The van der Waals surface area contributed by atoms with Gasteiger partial charge in [-0.2, -0.15) is 0 Å². The van der Waals surface area contributed by atoms with Crippen LogP contribution in [-0.2, 0) is 0 Å². The average Bonchev–Trinajstić information content (AvgIpc) is 3.01. The van der Waals surface area contributed by atoms with Crippen molar-refractivity contribution in [3.05, 3.63) is 60.8 Å². The number of aliphatic imine (C=N–C) groups is 3. The number of hydrogen-bond acceptors (Lipinski definition) is 7. The predicted octanol–water partition coefficient (Wildman–Crippen LogP) is 8.46. The fourth-order valence-corrected chi connectivity index (χ4v) is 1.96. The molecule has 0 spiro atoms. The van der Waals surface area contributed by atoms with Crippen molar-refractivity contribution in [1.29, 1.82) is 0 Å². The van der Waals surface area contributed by atoms with Crippen LogP contribution in [0.15, 0.2) is 75.7 Å². The second-order valence-corrected chi connectivity index (χ2v) is 8.13. The third-order valence-corrected chi connectivity index (χ3v) is 4.53. The molecule has 0 amide bonds. The fraction of sp³-hybridized carbons (Fsp3) is 0.629. The summed E-state index contributed by atoms with van der Waals surface area (Å²) in [7, 11) is 6.05. The third kappa shape index (κ3) is 50.3. The molecule has 3 N–H and O–H groups in total. The highest BCUT2D eigenvalue weighted by molar-refractivity contribution is 6.29. The van der Waals surface area contributed by atoms with Crippen LogP contribution in [0.5, 0.6) is 0 Å². The molecule has 248 valence electrons. The van der Waals surface area contributed by atoms with Gasteiger partial charge in [0.2, 0.25) is 0 Å². The minimum Gasteiger partial charge on any atom is -0.369 e. The topological polar surface area (TPSA) is 76.4 Å². The van der Waals surface area contributed by atoms with Crippen LogP contribution in [0.2, 0.25) is 0 Å². The van der Waals surface area contributed by atoms with Gasteiger partial charge >= 0.3 is 0 Å². The molecule has 7 nitrogen and oxygen atoms in total. The minimum absolute atomic E-state index is 0.329. The van der Waals surface area contributed by atoms with Crippen molar-refractivity contribution in [3.8, 4) is 0 Å². The largest absolute Gasteiger partial charge is 0.369 e. The molecule has 0 aliphatic carbocycles. The molecule has 0 saturated heterocycles. The highest BCUT2D eigenvalue weighted by Crippen LogP contribution is 2.11. The van der Waals surface area contributed by atoms with Crippen LogP contribution in [0.4, 0.5) is 0 Å². The second kappa shape index (κ2) is 48.1. The summed E-state index contributed by atoms with van der Waals surface area (Å²) >= 11 is 0. The number of likely N-dealkylation sites (N-methyl/N-ethyl adjacent to an activating group) is 2. The van der Waals surface area contributed by atoms with Gasteiger partial charge in [-0.25, -0.2) is 4.99 Å². The maximum absolute atomic E-state index is 4.28. The van der Waals surface area contributed by atoms with Crippen molar-refractivity contribution >= 4 is 18.1 Å². The van der Waals surface area contributed by atoms with Crippen LogP contribution in [-0.4, -0.2) is 76.4 Å². The van der Waals surface area contributed by atoms with Gasteiger partial charge in [0.1, 0.15) is 5.82 Å². The van der Waals surface area contributed by atoms with Crippen LogP contribution in [0.1, 0.15) is 96.4 Å². The molecule has 7 heteroatoms. The third-order valence-electron chi connectivity index (χ3n) is 4.53. The number of hydrogen-bond donors (Lipinski definition) is 3. The standard InChI is InChI=1S/C14H20N2.C11H24N4.C4H11N.3C2H6/c1-6-8-12(3)13(4)10-16-14(5)11-15-9-7-2;1-5-13-7-8-15-11(14-6-2)9-10(3)12-4;1-4-5(2)3;3*1-2/h6-7,9-11H,1,3,8H2,2,4-5H3;6,9-10,12-13,15H,5,7-8H2,1-4H3;4H2,1-3H3;3*1-2H3/b9-7-,13-10+,15-11?,16-14?;11-9+,14-6-;;;;. The molecule has 0 rings (SSSR count). The first kappa shape index (κ1) is 52.1. The van der Waals surface area contributed by atoms with E-state index < -0.39 is 0 Å². The van der Waals surface area contributed by atoms with E-state index in [-0.39, 0.29) is 0 Å². The molecule has 1 atom stereocenters. The number of allylic oxidation sites excluding steroid dienone is 4. The van der Waals surface area contributed by atoms with Crippen molar-refractivity contribution in [2.24, 2.45) is 15.0 Å². The molecule has 1 unspecified atom stereocenters. The molecule has 42 heavy (non-hydrogen) atoms. The molecule has 0 aliphatic rings. The number of rotatable bonds is 15. The Balaban J connectivity index is -0.000000115. The van der Waals surface area contributed by atoms with Gasteiger partial charge in [-0.15, -0.1) is 6.58 Å². The fourth-order valence-electron chi connectivity index (χ4n) is 1.96. The summed E-state index contributed by atoms with van der Waals surface area (Å²) in [5, 5.41) is 9.69. The zero-order valence-corrected chi connectivity index (χ0v) is 30.9. The van der Waals surface area contributed by atoms with E-state index >= 15 is 0 Å². The Morgan fingerprint density at radius 2 is 1.52 bits per heavy atom. The summed E-state index contributed by atoms with van der Waals surface area (Å²) in [5.41, 5.74) is 2.97. The summed E-state index contributed by atoms with van der Waals surface area (Å²) in [6.07, 6.45) is 13.6. The van der Waals surface area contributed by atoms with Crippen LogP contribution in [0, 0.1) is 0 Å². The Hall–Kier alpha value is -2.61. The summed E-state index contributed by atoms with van der Waals surface area (Å²) < 4.78 is 0. The number of nitrogens with zero attached hydrogens (tertiary/aromatic N) is 4. The van der Waals surface area contributed by atoms with Crippen LogP contribution < -0.4 is 16.0 Å². The van der Waals surface area contributed by atoms with Gasteiger partial charge in [-0.05, 0) is 92.5 Å². The van der Waals surface area contributed by atoms with E-state index in [2.05, 4.69) is 89.9 Å². The minimum atomic E-state index is 0.329. The zero-order valence-electron chi connectivity index (χ0n) is 30.9. The Kier molecular flexibility index (Phi) is 59.7. The molecular formula is C35H73N7. The Bertz CT molecular complexity index is 728. The highest BCUT2D eigenvalue weighted by Gasteiger charge is 1.97. The molecule has 0 heterocycles. The molecule has 0 radical (unpaired) electrons. The van der Waals surface area contributed by atoms with Gasteiger partial charge in [-0.1, -0.05) is 74.1 Å². The molecule has 0 fully saturated rings. The molecule has 0 aromatic rings. The van der Waals surface area contributed by atoms with Gasteiger partial charge in [-0.3, -0.25) is 9.98 Å². The summed E-state index contributed by atoms with van der Waals surface area (Å²) in [5.74, 6) is 0.928. The first-order valence-electron chi connectivity index (χ1n) is 15.7. The van der Waals surface area contributed by atoms with E-state index in [0.29, 0.717) is 6.04 Å². The first-order chi connectivity index (χ1) is 20.1. The quantitative estimate of drug-likeness (QED) is 0.0773. The zero-order chi connectivity index (χ0) is 34.2. The lowest BCUT2D eigenvalue weighted by atomic mass is 10.1.